The van der Waals surface area contributed by atoms with E-state index in [-0.39, 0.29) is 5.82 Å². The van der Waals surface area contributed by atoms with Gasteiger partial charge in [0.15, 0.2) is 0 Å². The van der Waals surface area contributed by atoms with Crippen LogP contribution in [0, 0.1) is 17.1 Å². The van der Waals surface area contributed by atoms with Crippen LogP contribution in [0.15, 0.2) is 23.6 Å². The lowest BCUT2D eigenvalue weighted by atomic mass is 10.0. The van der Waals surface area contributed by atoms with Crippen molar-refractivity contribution in [1.29, 1.82) is 5.26 Å². The quantitative estimate of drug-likeness (QED) is 0.852. The van der Waals surface area contributed by atoms with Crippen molar-refractivity contribution in [2.45, 2.75) is 6.42 Å². The minimum Gasteiger partial charge on any atom is -0.312 e. The van der Waals surface area contributed by atoms with Gasteiger partial charge in [-0.3, -0.25) is 0 Å². The van der Waals surface area contributed by atoms with Gasteiger partial charge in [0.05, 0.1) is 10.3 Å². The predicted octanol–water partition coefficient (Wildman–Crippen LogP) is 3.29. The Bertz CT molecular complexity index is 679. The van der Waals surface area contributed by atoms with Crippen LogP contribution in [0.1, 0.15) is 17.5 Å². The molecule has 0 fully saturated rings. The molecule has 0 radical (unpaired) electrons. The third kappa shape index (κ3) is 1.82. The summed E-state index contributed by atoms with van der Waals surface area (Å²) >= 11 is 1.51. The van der Waals surface area contributed by atoms with Gasteiger partial charge < -0.3 is 5.32 Å². The molecule has 1 aliphatic rings. The molecule has 0 atom stereocenters. The normalized spacial score (nSPS) is 15.4. The van der Waals surface area contributed by atoms with Crippen LogP contribution in [-0.2, 0) is 0 Å². The topological polar surface area (TPSA) is 35.8 Å². The highest BCUT2D eigenvalue weighted by atomic mass is 32.1. The van der Waals surface area contributed by atoms with E-state index in [1.165, 1.54) is 29.0 Å². The van der Waals surface area contributed by atoms with Crippen LogP contribution in [-0.4, -0.2) is 13.1 Å². The van der Waals surface area contributed by atoms with E-state index in [0.717, 1.165) is 35.2 Å². The summed E-state index contributed by atoms with van der Waals surface area (Å²) in [7, 11) is 0. The monoisotopic (exact) mass is 258 g/mol. The van der Waals surface area contributed by atoms with Gasteiger partial charge in [-0.15, -0.1) is 11.3 Å². The smallest absolute Gasteiger partial charge is 0.125 e. The first-order chi connectivity index (χ1) is 8.79. The Morgan fingerprint density at radius 1 is 1.39 bits per heavy atom. The van der Waals surface area contributed by atoms with Crippen LogP contribution < -0.4 is 5.32 Å². The Labute approximate surface area is 108 Å². The first kappa shape index (κ1) is 11.4. The fourth-order valence-corrected chi connectivity index (χ4v) is 3.32. The van der Waals surface area contributed by atoms with Crippen LogP contribution in [0.25, 0.3) is 15.7 Å². The minimum atomic E-state index is -0.344. The van der Waals surface area contributed by atoms with Crippen molar-refractivity contribution >= 4 is 27.0 Å². The van der Waals surface area contributed by atoms with Crippen molar-refractivity contribution in [3.63, 3.8) is 0 Å². The molecule has 18 heavy (non-hydrogen) atoms. The van der Waals surface area contributed by atoms with Crippen molar-refractivity contribution in [2.24, 2.45) is 0 Å². The number of benzene rings is 1. The molecule has 1 N–H and O–H groups in total. The first-order valence-corrected chi connectivity index (χ1v) is 6.68. The molecule has 2 aromatic rings. The summed E-state index contributed by atoms with van der Waals surface area (Å²) in [5.74, 6) is -0.344. The Kier molecular flexibility index (Phi) is 2.86. The molecule has 1 aliphatic heterocycles. The van der Waals surface area contributed by atoms with Gasteiger partial charge in [-0.1, -0.05) is 6.08 Å². The van der Waals surface area contributed by atoms with E-state index in [0.29, 0.717) is 5.56 Å². The molecule has 0 spiro atoms. The summed E-state index contributed by atoms with van der Waals surface area (Å²) in [6.45, 7) is 1.80. The molecule has 0 unspecified atom stereocenters. The average Bonchev–Trinajstić information content (AvgIpc) is 2.82. The number of thiophene rings is 1. The zero-order chi connectivity index (χ0) is 12.5. The van der Waals surface area contributed by atoms with E-state index >= 15 is 0 Å². The maximum absolute atomic E-state index is 13.5. The third-order valence-electron chi connectivity index (χ3n) is 3.13. The fourth-order valence-electron chi connectivity index (χ4n) is 2.28. The highest BCUT2D eigenvalue weighted by molar-refractivity contribution is 7.17. The van der Waals surface area contributed by atoms with Gasteiger partial charge in [-0.2, -0.15) is 5.26 Å². The number of rotatable bonds is 1. The van der Waals surface area contributed by atoms with E-state index in [1.807, 2.05) is 5.38 Å². The van der Waals surface area contributed by atoms with E-state index in [4.69, 9.17) is 5.26 Å². The number of nitrogens with zero attached hydrogens (tertiary/aromatic N) is 1. The van der Waals surface area contributed by atoms with E-state index in [2.05, 4.69) is 17.5 Å². The molecule has 0 saturated heterocycles. The van der Waals surface area contributed by atoms with E-state index in [1.54, 1.807) is 0 Å². The Morgan fingerprint density at radius 2 is 2.28 bits per heavy atom. The Balaban J connectivity index is 2.23. The van der Waals surface area contributed by atoms with Gasteiger partial charge in [-0.05, 0) is 41.6 Å². The van der Waals surface area contributed by atoms with E-state index in [9.17, 15) is 4.39 Å². The van der Waals surface area contributed by atoms with Crippen molar-refractivity contribution < 1.29 is 4.39 Å². The van der Waals surface area contributed by atoms with Crippen molar-refractivity contribution in [3.05, 3.63) is 40.5 Å². The SMILES string of the molecule is N#Cc1cc(F)cc2c(C3=CCCNC3)csc12. The van der Waals surface area contributed by atoms with Gasteiger partial charge in [0.1, 0.15) is 11.9 Å². The fraction of sp³-hybridized carbons (Fsp3) is 0.214. The summed E-state index contributed by atoms with van der Waals surface area (Å²) in [5, 5.41) is 15.2. The highest BCUT2D eigenvalue weighted by Crippen LogP contribution is 2.34. The molecular formula is C14H11FN2S. The minimum absolute atomic E-state index is 0.344. The second-order valence-corrected chi connectivity index (χ2v) is 5.17. The molecule has 0 amide bonds. The second kappa shape index (κ2) is 4.52. The van der Waals surface area contributed by atoms with Crippen molar-refractivity contribution in [1.82, 2.24) is 5.32 Å². The summed E-state index contributed by atoms with van der Waals surface area (Å²) in [4.78, 5) is 0. The van der Waals surface area contributed by atoms with E-state index < -0.39 is 0 Å². The second-order valence-electron chi connectivity index (χ2n) is 4.29. The summed E-state index contributed by atoms with van der Waals surface area (Å²) in [6.07, 6.45) is 3.18. The van der Waals surface area contributed by atoms with Crippen LogP contribution in [0.4, 0.5) is 4.39 Å². The third-order valence-corrected chi connectivity index (χ3v) is 4.16. The van der Waals surface area contributed by atoms with Gasteiger partial charge in [0, 0.05) is 11.9 Å². The van der Waals surface area contributed by atoms with Crippen LogP contribution >= 0.6 is 11.3 Å². The Hall–Kier alpha value is -1.70. The number of hydrogen-bond acceptors (Lipinski definition) is 3. The summed E-state index contributed by atoms with van der Waals surface area (Å²) in [5.41, 5.74) is 2.67. The molecule has 0 bridgehead atoms. The molecule has 4 heteroatoms. The number of nitrogens with one attached hydrogen (secondary N) is 1. The maximum Gasteiger partial charge on any atom is 0.125 e. The molecule has 0 saturated carbocycles. The van der Waals surface area contributed by atoms with Gasteiger partial charge in [-0.25, -0.2) is 4.39 Å². The lowest BCUT2D eigenvalue weighted by Gasteiger charge is -2.13. The number of halogens is 1. The first-order valence-electron chi connectivity index (χ1n) is 5.80. The van der Waals surface area contributed by atoms with Gasteiger partial charge in [0.2, 0.25) is 0 Å². The van der Waals surface area contributed by atoms with Gasteiger partial charge >= 0.3 is 0 Å². The maximum atomic E-state index is 13.5. The van der Waals surface area contributed by atoms with Crippen molar-refractivity contribution in [2.75, 3.05) is 13.1 Å². The highest BCUT2D eigenvalue weighted by Gasteiger charge is 2.14. The lowest BCUT2D eigenvalue weighted by molar-refractivity contribution is 0.629. The number of nitriles is 1. The molecule has 1 aromatic carbocycles. The zero-order valence-corrected chi connectivity index (χ0v) is 10.5. The number of fused-ring (bicyclic) bond motifs is 1. The number of hydrogen-bond donors (Lipinski definition) is 1. The summed E-state index contributed by atoms with van der Waals surface area (Å²) in [6, 6.07) is 4.89. The molecule has 90 valence electrons. The molecule has 3 rings (SSSR count). The largest absolute Gasteiger partial charge is 0.312 e. The average molecular weight is 258 g/mol. The van der Waals surface area contributed by atoms with Crippen LogP contribution in [0.3, 0.4) is 0 Å². The van der Waals surface area contributed by atoms with Crippen molar-refractivity contribution in [3.8, 4) is 6.07 Å². The molecule has 0 aliphatic carbocycles. The Morgan fingerprint density at radius 3 is 3.00 bits per heavy atom. The summed E-state index contributed by atoms with van der Waals surface area (Å²) < 4.78 is 14.4. The molecular weight excluding hydrogens is 247 g/mol. The molecule has 1 aromatic heterocycles. The van der Waals surface area contributed by atoms with Gasteiger partial charge in [0.25, 0.3) is 0 Å². The standard InChI is InChI=1S/C14H11FN2S/c15-11-4-10(6-16)14-12(5-11)13(8-18-14)9-2-1-3-17-7-9/h2,4-5,8,17H,1,3,7H2. The zero-order valence-electron chi connectivity index (χ0n) is 9.66. The van der Waals surface area contributed by atoms with Crippen LogP contribution in [0.2, 0.25) is 0 Å². The van der Waals surface area contributed by atoms with Crippen LogP contribution in [0.5, 0.6) is 0 Å². The molecule has 2 nitrogen and oxygen atoms in total. The molecule has 2 heterocycles. The lowest BCUT2D eigenvalue weighted by Crippen LogP contribution is -2.21. The predicted molar refractivity (Wildman–Crippen MR) is 72.0 cm³/mol.